The van der Waals surface area contributed by atoms with Crippen molar-refractivity contribution < 1.29 is 5.11 Å². The summed E-state index contributed by atoms with van der Waals surface area (Å²) in [6.45, 7) is 2.82. The lowest BCUT2D eigenvalue weighted by atomic mass is 10.4. The van der Waals surface area contributed by atoms with Crippen LogP contribution in [0.4, 0.5) is 0 Å². The Kier molecular flexibility index (Phi) is 2.51. The highest BCUT2D eigenvalue weighted by Gasteiger charge is 2.08. The lowest BCUT2D eigenvalue weighted by molar-refractivity contribution is 0.266. The number of aliphatic hydroxyl groups is 1. The van der Waals surface area contributed by atoms with Crippen molar-refractivity contribution in [2.75, 3.05) is 6.61 Å². The maximum Gasteiger partial charge on any atom is 0.294 e. The van der Waals surface area contributed by atoms with Gasteiger partial charge in [0, 0.05) is 6.54 Å². The monoisotopic (exact) mass is 208 g/mol. The van der Waals surface area contributed by atoms with Crippen molar-refractivity contribution in [2.24, 2.45) is 0 Å². The Balaban J connectivity index is 2.65. The molecule has 2 heterocycles. The summed E-state index contributed by atoms with van der Waals surface area (Å²) in [6.07, 6.45) is 3.22. The molecule has 0 saturated carbocycles. The van der Waals surface area contributed by atoms with Crippen LogP contribution in [0.3, 0.4) is 0 Å². The van der Waals surface area contributed by atoms with Crippen LogP contribution in [-0.2, 0) is 13.1 Å². The summed E-state index contributed by atoms with van der Waals surface area (Å²) in [7, 11) is 0. The molecule has 80 valence electrons. The number of aliphatic hydroxyl groups excluding tert-OH is 1. The average Bonchev–Trinajstić information content (AvgIpc) is 2.66. The van der Waals surface area contributed by atoms with E-state index >= 15 is 0 Å². The largest absolute Gasteiger partial charge is 0.394 e. The zero-order valence-corrected chi connectivity index (χ0v) is 8.42. The maximum absolute atomic E-state index is 11.8. The number of hydrogen-bond donors (Lipinski definition) is 1. The quantitative estimate of drug-likeness (QED) is 0.745. The van der Waals surface area contributed by atoms with Crippen molar-refractivity contribution in [3.05, 3.63) is 22.9 Å². The van der Waals surface area contributed by atoms with Gasteiger partial charge in [0.05, 0.1) is 31.2 Å². The molecule has 0 radical (unpaired) electrons. The average molecular weight is 208 g/mol. The third-order valence-electron chi connectivity index (χ3n) is 2.29. The Morgan fingerprint density at radius 3 is 3.00 bits per heavy atom. The number of fused-ring (bicyclic) bond motifs is 1. The van der Waals surface area contributed by atoms with Gasteiger partial charge < -0.3 is 9.67 Å². The first-order valence-corrected chi connectivity index (χ1v) is 4.79. The minimum Gasteiger partial charge on any atom is -0.394 e. The van der Waals surface area contributed by atoms with Gasteiger partial charge in [0.15, 0.2) is 5.52 Å². The summed E-state index contributed by atoms with van der Waals surface area (Å²) in [6, 6.07) is 0. The summed E-state index contributed by atoms with van der Waals surface area (Å²) >= 11 is 0. The maximum atomic E-state index is 11.8. The van der Waals surface area contributed by atoms with Crippen LogP contribution in [0.15, 0.2) is 17.3 Å². The predicted octanol–water partition coefficient (Wildman–Crippen LogP) is -0.395. The van der Waals surface area contributed by atoms with Gasteiger partial charge in [0.1, 0.15) is 0 Å². The topological polar surface area (TPSA) is 72.9 Å². The summed E-state index contributed by atoms with van der Waals surface area (Å²) in [5.74, 6) is 0. The van der Waals surface area contributed by atoms with Crippen LogP contribution in [-0.4, -0.2) is 31.0 Å². The van der Waals surface area contributed by atoms with Gasteiger partial charge >= 0.3 is 0 Å². The SMILES string of the molecule is CCn1cnc2c(=O)n(CCO)ncc21. The molecule has 0 bridgehead atoms. The normalized spacial score (nSPS) is 11.1. The van der Waals surface area contributed by atoms with Crippen molar-refractivity contribution in [3.8, 4) is 0 Å². The molecule has 0 unspecified atom stereocenters. The molecule has 1 N–H and O–H groups in total. The highest BCUT2D eigenvalue weighted by Crippen LogP contribution is 2.05. The molecule has 0 aliphatic carbocycles. The number of aromatic nitrogens is 4. The molecule has 0 aliphatic rings. The number of aryl methyl sites for hydroxylation is 1. The van der Waals surface area contributed by atoms with E-state index in [1.807, 2.05) is 11.5 Å². The van der Waals surface area contributed by atoms with Crippen molar-refractivity contribution in [2.45, 2.75) is 20.0 Å². The highest BCUT2D eigenvalue weighted by molar-refractivity contribution is 5.72. The standard InChI is InChI=1S/C9H12N4O2/c1-2-12-6-10-8-7(12)5-11-13(3-4-14)9(8)15/h5-6,14H,2-4H2,1H3. The third-order valence-corrected chi connectivity index (χ3v) is 2.29. The Bertz CT molecular complexity index is 528. The Hall–Kier alpha value is -1.69. The molecule has 0 fully saturated rings. The molecule has 15 heavy (non-hydrogen) atoms. The van der Waals surface area contributed by atoms with Crippen LogP contribution < -0.4 is 5.56 Å². The van der Waals surface area contributed by atoms with Crippen molar-refractivity contribution in [1.29, 1.82) is 0 Å². The van der Waals surface area contributed by atoms with E-state index < -0.39 is 0 Å². The van der Waals surface area contributed by atoms with Crippen LogP contribution in [0.5, 0.6) is 0 Å². The number of nitrogens with zero attached hydrogens (tertiary/aromatic N) is 4. The van der Waals surface area contributed by atoms with Gasteiger partial charge in [-0.15, -0.1) is 0 Å². The van der Waals surface area contributed by atoms with E-state index in [9.17, 15) is 4.79 Å². The number of imidazole rings is 1. The van der Waals surface area contributed by atoms with Gasteiger partial charge in [-0.05, 0) is 6.92 Å². The third kappa shape index (κ3) is 1.52. The molecule has 0 spiro atoms. The number of rotatable bonds is 3. The Morgan fingerprint density at radius 2 is 2.33 bits per heavy atom. The van der Waals surface area contributed by atoms with Gasteiger partial charge in [-0.25, -0.2) is 9.67 Å². The first-order valence-electron chi connectivity index (χ1n) is 4.79. The molecule has 2 aromatic rings. The molecular weight excluding hydrogens is 196 g/mol. The lowest BCUT2D eigenvalue weighted by Crippen LogP contribution is -2.24. The second kappa shape index (κ2) is 3.82. The first-order chi connectivity index (χ1) is 7.27. The van der Waals surface area contributed by atoms with E-state index in [1.165, 1.54) is 4.68 Å². The summed E-state index contributed by atoms with van der Waals surface area (Å²) in [5, 5.41) is 12.7. The minimum atomic E-state index is -0.256. The van der Waals surface area contributed by atoms with Gasteiger partial charge in [0.2, 0.25) is 0 Å². The summed E-state index contributed by atoms with van der Waals surface area (Å²) < 4.78 is 3.07. The molecule has 0 aromatic carbocycles. The smallest absolute Gasteiger partial charge is 0.294 e. The fourth-order valence-corrected chi connectivity index (χ4v) is 1.50. The van der Waals surface area contributed by atoms with Crippen LogP contribution >= 0.6 is 0 Å². The molecular formula is C9H12N4O2. The highest BCUT2D eigenvalue weighted by atomic mass is 16.3. The van der Waals surface area contributed by atoms with Crippen LogP contribution in [0, 0.1) is 0 Å². The van der Waals surface area contributed by atoms with Crippen molar-refractivity contribution in [3.63, 3.8) is 0 Å². The minimum absolute atomic E-state index is 0.104. The van der Waals surface area contributed by atoms with E-state index in [1.54, 1.807) is 12.5 Å². The van der Waals surface area contributed by atoms with E-state index in [0.29, 0.717) is 5.52 Å². The van der Waals surface area contributed by atoms with Gasteiger partial charge in [-0.2, -0.15) is 5.10 Å². The van der Waals surface area contributed by atoms with Crippen LogP contribution in [0.25, 0.3) is 11.0 Å². The second-order valence-corrected chi connectivity index (χ2v) is 3.16. The van der Waals surface area contributed by atoms with E-state index in [0.717, 1.165) is 12.1 Å². The molecule has 6 heteroatoms. The lowest BCUT2D eigenvalue weighted by Gasteiger charge is -2.02. The zero-order chi connectivity index (χ0) is 10.8. The zero-order valence-electron chi connectivity index (χ0n) is 8.42. The fourth-order valence-electron chi connectivity index (χ4n) is 1.50. The summed E-state index contributed by atoms with van der Waals surface area (Å²) in [4.78, 5) is 15.8. The van der Waals surface area contributed by atoms with E-state index in [-0.39, 0.29) is 18.7 Å². The van der Waals surface area contributed by atoms with Gasteiger partial charge in [-0.3, -0.25) is 4.79 Å². The molecule has 0 atom stereocenters. The van der Waals surface area contributed by atoms with Crippen molar-refractivity contribution >= 4 is 11.0 Å². The van der Waals surface area contributed by atoms with Gasteiger partial charge in [0.25, 0.3) is 5.56 Å². The second-order valence-electron chi connectivity index (χ2n) is 3.16. The summed E-state index contributed by atoms with van der Waals surface area (Å²) in [5.41, 5.74) is 0.880. The number of hydrogen-bond acceptors (Lipinski definition) is 4. The molecule has 2 rings (SSSR count). The van der Waals surface area contributed by atoms with E-state index in [2.05, 4.69) is 10.1 Å². The fraction of sp³-hybridized carbons (Fsp3) is 0.444. The molecule has 2 aromatic heterocycles. The van der Waals surface area contributed by atoms with Crippen molar-refractivity contribution in [1.82, 2.24) is 19.3 Å². The first kappa shape index (κ1) is 9.85. The molecule has 0 amide bonds. The molecule has 0 aliphatic heterocycles. The van der Waals surface area contributed by atoms with Gasteiger partial charge in [-0.1, -0.05) is 0 Å². The molecule has 6 nitrogen and oxygen atoms in total. The predicted molar refractivity (Wildman–Crippen MR) is 54.5 cm³/mol. The molecule has 0 saturated heterocycles. The Morgan fingerprint density at radius 1 is 1.53 bits per heavy atom. The van der Waals surface area contributed by atoms with Crippen LogP contribution in [0.1, 0.15) is 6.92 Å². The van der Waals surface area contributed by atoms with Crippen LogP contribution in [0.2, 0.25) is 0 Å². The van der Waals surface area contributed by atoms with E-state index in [4.69, 9.17) is 5.11 Å². The Labute approximate surface area is 85.8 Å².